The minimum absolute atomic E-state index is 0.104. The van der Waals surface area contributed by atoms with Crippen molar-refractivity contribution in [3.63, 3.8) is 0 Å². The lowest BCUT2D eigenvalue weighted by Gasteiger charge is -2.47. The molecule has 0 bridgehead atoms. The zero-order valence-corrected chi connectivity index (χ0v) is 12.9. The van der Waals surface area contributed by atoms with E-state index in [-0.39, 0.29) is 5.54 Å². The number of nitrogens with two attached hydrogens (primary N) is 1. The first-order chi connectivity index (χ1) is 9.71. The maximum atomic E-state index is 6.32. The molecule has 1 aliphatic carbocycles. The number of likely N-dealkylation sites (tertiary alicyclic amines) is 1. The SMILES string of the molecule is CCC1CCN(C2(CN)CCC(C)c3ccccc32)C1. The fourth-order valence-corrected chi connectivity index (χ4v) is 4.32. The normalized spacial score (nSPS) is 34.1. The maximum Gasteiger partial charge on any atom is 0.0586 e. The van der Waals surface area contributed by atoms with Crippen molar-refractivity contribution in [3.8, 4) is 0 Å². The van der Waals surface area contributed by atoms with E-state index >= 15 is 0 Å². The highest BCUT2D eigenvalue weighted by molar-refractivity contribution is 5.39. The first-order valence-corrected chi connectivity index (χ1v) is 8.25. The Balaban J connectivity index is 1.99. The van der Waals surface area contributed by atoms with E-state index in [2.05, 4.69) is 43.0 Å². The molecule has 1 aromatic carbocycles. The molecule has 0 amide bonds. The molecule has 3 unspecified atom stereocenters. The number of nitrogens with zero attached hydrogens (tertiary/aromatic N) is 1. The van der Waals surface area contributed by atoms with Crippen molar-refractivity contribution in [2.75, 3.05) is 19.6 Å². The van der Waals surface area contributed by atoms with Gasteiger partial charge in [-0.1, -0.05) is 44.5 Å². The standard InChI is InChI=1S/C18H28N2/c1-3-15-9-11-20(12-15)18(13-19)10-8-14(2)16-6-4-5-7-17(16)18/h4-7,14-15H,3,8-13,19H2,1-2H3. The van der Waals surface area contributed by atoms with Crippen LogP contribution in [0.5, 0.6) is 0 Å². The molecule has 1 aromatic rings. The van der Waals surface area contributed by atoms with Gasteiger partial charge in [-0.25, -0.2) is 0 Å². The summed E-state index contributed by atoms with van der Waals surface area (Å²) in [5, 5.41) is 0. The smallest absolute Gasteiger partial charge is 0.0586 e. The van der Waals surface area contributed by atoms with Gasteiger partial charge in [0.05, 0.1) is 5.54 Å². The summed E-state index contributed by atoms with van der Waals surface area (Å²) in [6.07, 6.45) is 5.13. The molecule has 3 rings (SSSR count). The highest BCUT2D eigenvalue weighted by Crippen LogP contribution is 2.46. The van der Waals surface area contributed by atoms with Gasteiger partial charge in [0.2, 0.25) is 0 Å². The maximum absolute atomic E-state index is 6.32. The van der Waals surface area contributed by atoms with Crippen LogP contribution < -0.4 is 5.73 Å². The third-order valence-electron chi connectivity index (χ3n) is 5.79. The molecule has 1 fully saturated rings. The first kappa shape index (κ1) is 14.1. The Morgan fingerprint density at radius 3 is 2.80 bits per heavy atom. The number of hydrogen-bond donors (Lipinski definition) is 1. The highest BCUT2D eigenvalue weighted by atomic mass is 15.2. The number of benzene rings is 1. The van der Waals surface area contributed by atoms with E-state index in [4.69, 9.17) is 5.73 Å². The third-order valence-corrected chi connectivity index (χ3v) is 5.79. The summed E-state index contributed by atoms with van der Waals surface area (Å²) in [7, 11) is 0. The van der Waals surface area contributed by atoms with Crippen LogP contribution in [0.25, 0.3) is 0 Å². The molecule has 1 aliphatic heterocycles. The van der Waals surface area contributed by atoms with E-state index in [9.17, 15) is 0 Å². The Labute approximate surface area is 123 Å². The molecule has 2 heteroatoms. The molecular weight excluding hydrogens is 244 g/mol. The van der Waals surface area contributed by atoms with Gasteiger partial charge in [0.1, 0.15) is 0 Å². The van der Waals surface area contributed by atoms with Gasteiger partial charge in [0.25, 0.3) is 0 Å². The summed E-state index contributed by atoms with van der Waals surface area (Å²) in [5.41, 5.74) is 9.47. The van der Waals surface area contributed by atoms with Crippen LogP contribution in [0.15, 0.2) is 24.3 Å². The van der Waals surface area contributed by atoms with E-state index in [1.807, 2.05) is 0 Å². The molecule has 2 nitrogen and oxygen atoms in total. The van der Waals surface area contributed by atoms with Gasteiger partial charge >= 0.3 is 0 Å². The topological polar surface area (TPSA) is 29.3 Å². The summed E-state index contributed by atoms with van der Waals surface area (Å²) in [6, 6.07) is 9.02. The van der Waals surface area contributed by atoms with Crippen LogP contribution in [0, 0.1) is 5.92 Å². The van der Waals surface area contributed by atoms with E-state index in [0.29, 0.717) is 5.92 Å². The molecule has 3 atom stereocenters. The minimum atomic E-state index is 0.104. The molecule has 1 heterocycles. The molecule has 1 saturated heterocycles. The van der Waals surface area contributed by atoms with Crippen molar-refractivity contribution < 1.29 is 0 Å². The second kappa shape index (κ2) is 5.50. The van der Waals surface area contributed by atoms with Crippen LogP contribution in [0.2, 0.25) is 0 Å². The monoisotopic (exact) mass is 272 g/mol. The van der Waals surface area contributed by atoms with Crippen molar-refractivity contribution in [2.45, 2.75) is 51.0 Å². The Bertz CT molecular complexity index is 470. The Morgan fingerprint density at radius 1 is 1.30 bits per heavy atom. The summed E-state index contributed by atoms with van der Waals surface area (Å²) >= 11 is 0. The quantitative estimate of drug-likeness (QED) is 0.913. The predicted molar refractivity (Wildman–Crippen MR) is 84.8 cm³/mol. The minimum Gasteiger partial charge on any atom is -0.328 e. The van der Waals surface area contributed by atoms with Gasteiger partial charge in [-0.15, -0.1) is 0 Å². The zero-order chi connectivity index (χ0) is 14.2. The zero-order valence-electron chi connectivity index (χ0n) is 12.9. The Hall–Kier alpha value is -0.860. The molecule has 0 saturated carbocycles. The van der Waals surface area contributed by atoms with Gasteiger partial charge < -0.3 is 5.73 Å². The van der Waals surface area contributed by atoms with Gasteiger partial charge in [-0.3, -0.25) is 4.90 Å². The van der Waals surface area contributed by atoms with Crippen molar-refractivity contribution in [2.24, 2.45) is 11.7 Å². The third kappa shape index (κ3) is 2.10. The van der Waals surface area contributed by atoms with Crippen LogP contribution in [0.1, 0.15) is 56.6 Å². The summed E-state index contributed by atoms with van der Waals surface area (Å²) in [4.78, 5) is 2.70. The number of rotatable bonds is 3. The van der Waals surface area contributed by atoms with Crippen molar-refractivity contribution >= 4 is 0 Å². The lowest BCUT2D eigenvalue weighted by Crippen LogP contribution is -2.52. The van der Waals surface area contributed by atoms with E-state index < -0.39 is 0 Å². The van der Waals surface area contributed by atoms with Crippen molar-refractivity contribution in [1.29, 1.82) is 0 Å². The van der Waals surface area contributed by atoms with Crippen molar-refractivity contribution in [1.82, 2.24) is 4.90 Å². The fourth-order valence-electron chi connectivity index (χ4n) is 4.32. The molecule has 0 radical (unpaired) electrons. The lowest BCUT2D eigenvalue weighted by atomic mass is 9.71. The lowest BCUT2D eigenvalue weighted by molar-refractivity contribution is 0.0929. The first-order valence-electron chi connectivity index (χ1n) is 8.25. The molecule has 0 spiro atoms. The summed E-state index contributed by atoms with van der Waals surface area (Å²) in [6.45, 7) is 7.89. The van der Waals surface area contributed by atoms with Crippen molar-refractivity contribution in [3.05, 3.63) is 35.4 Å². The van der Waals surface area contributed by atoms with Crippen LogP contribution in [0.3, 0.4) is 0 Å². The number of fused-ring (bicyclic) bond motifs is 1. The number of hydrogen-bond acceptors (Lipinski definition) is 2. The molecule has 110 valence electrons. The second-order valence-electron chi connectivity index (χ2n) is 6.77. The molecule has 2 aliphatic rings. The molecule has 20 heavy (non-hydrogen) atoms. The predicted octanol–water partition coefficient (Wildman–Crippen LogP) is 3.47. The summed E-state index contributed by atoms with van der Waals surface area (Å²) < 4.78 is 0. The highest BCUT2D eigenvalue weighted by Gasteiger charge is 2.44. The van der Waals surface area contributed by atoms with Crippen LogP contribution >= 0.6 is 0 Å². The Kier molecular flexibility index (Phi) is 3.87. The fraction of sp³-hybridized carbons (Fsp3) is 0.667. The Morgan fingerprint density at radius 2 is 2.10 bits per heavy atom. The van der Waals surface area contributed by atoms with Gasteiger partial charge in [0, 0.05) is 13.1 Å². The summed E-state index contributed by atoms with van der Waals surface area (Å²) in [5.74, 6) is 1.54. The van der Waals surface area contributed by atoms with E-state index in [0.717, 1.165) is 12.5 Å². The second-order valence-corrected chi connectivity index (χ2v) is 6.77. The molecular formula is C18H28N2. The largest absolute Gasteiger partial charge is 0.328 e. The van der Waals surface area contributed by atoms with Crippen LogP contribution in [-0.4, -0.2) is 24.5 Å². The van der Waals surface area contributed by atoms with Gasteiger partial charge in [-0.05, 0) is 48.8 Å². The average Bonchev–Trinajstić information content (AvgIpc) is 2.98. The van der Waals surface area contributed by atoms with Gasteiger partial charge in [0.15, 0.2) is 0 Å². The van der Waals surface area contributed by atoms with Crippen LogP contribution in [0.4, 0.5) is 0 Å². The van der Waals surface area contributed by atoms with E-state index in [1.54, 1.807) is 0 Å². The van der Waals surface area contributed by atoms with E-state index in [1.165, 1.54) is 49.9 Å². The van der Waals surface area contributed by atoms with Gasteiger partial charge in [-0.2, -0.15) is 0 Å². The molecule has 0 aromatic heterocycles. The average molecular weight is 272 g/mol. The molecule has 2 N–H and O–H groups in total. The van der Waals surface area contributed by atoms with Crippen LogP contribution in [-0.2, 0) is 5.54 Å².